The predicted molar refractivity (Wildman–Crippen MR) is 63.8 cm³/mol. The fourth-order valence-corrected chi connectivity index (χ4v) is 2.06. The van der Waals surface area contributed by atoms with Gasteiger partial charge in [0.05, 0.1) is 0 Å². The minimum atomic E-state index is -0.140. The Morgan fingerprint density at radius 1 is 1.62 bits per heavy atom. The van der Waals surface area contributed by atoms with Crippen molar-refractivity contribution in [2.24, 2.45) is 10.9 Å². The van der Waals surface area contributed by atoms with E-state index in [0.29, 0.717) is 11.6 Å². The van der Waals surface area contributed by atoms with E-state index >= 15 is 0 Å². The largest absolute Gasteiger partial charge is 0.291 e. The number of nitrogens with zero attached hydrogens (tertiary/aromatic N) is 1. The highest BCUT2D eigenvalue weighted by molar-refractivity contribution is 14.1. The van der Waals surface area contributed by atoms with Gasteiger partial charge in [-0.2, -0.15) is 0 Å². The molecule has 1 aliphatic heterocycles. The molecule has 0 fully saturated rings. The van der Waals surface area contributed by atoms with Gasteiger partial charge in [0.2, 0.25) is 0 Å². The quantitative estimate of drug-likeness (QED) is 0.381. The number of ketones is 1. The molecule has 0 saturated carbocycles. The number of rotatable bonds is 0. The first-order valence-electron chi connectivity index (χ1n) is 3.79. The second kappa shape index (κ2) is 4.75. The zero-order valence-corrected chi connectivity index (χ0v) is 10.6. The molecule has 13 heavy (non-hydrogen) atoms. The Hall–Kier alpha value is 0.390. The van der Waals surface area contributed by atoms with Gasteiger partial charge in [-0.25, -0.2) is 4.99 Å². The van der Waals surface area contributed by atoms with Crippen LogP contribution in [0.1, 0.15) is 13.3 Å². The maximum absolute atomic E-state index is 11.3. The summed E-state index contributed by atoms with van der Waals surface area (Å²) in [6, 6.07) is 0. The normalized spacial score (nSPS) is 38.3. The van der Waals surface area contributed by atoms with Crippen LogP contribution in [0.2, 0.25) is 0 Å². The molecule has 0 aromatic heterocycles. The molecule has 0 N–H and O–H groups in total. The molecule has 0 aliphatic carbocycles. The Balaban J connectivity index is 2.98. The average molecular weight is 332 g/mol. The highest BCUT2D eigenvalue weighted by atomic mass is 127. The van der Waals surface area contributed by atoms with E-state index in [1.54, 1.807) is 0 Å². The summed E-state index contributed by atoms with van der Waals surface area (Å²) in [7, 11) is 0. The number of hydrogen-bond donors (Lipinski definition) is 0. The summed E-state index contributed by atoms with van der Waals surface area (Å²) in [5, 5.41) is 0.280. The Morgan fingerprint density at radius 3 is 2.85 bits per heavy atom. The summed E-state index contributed by atoms with van der Waals surface area (Å²) in [5.41, 5.74) is 0. The maximum atomic E-state index is 11.3. The second-order valence-corrected chi connectivity index (χ2v) is 5.24. The van der Waals surface area contributed by atoms with E-state index < -0.39 is 0 Å². The summed E-state index contributed by atoms with van der Waals surface area (Å²) < 4.78 is 0.225. The molecule has 2 unspecified atom stereocenters. The monoisotopic (exact) mass is 331 g/mol. The molecular weight excluding hydrogens is 324 g/mol. The summed E-state index contributed by atoms with van der Waals surface area (Å²) in [4.78, 5) is 15.1. The van der Waals surface area contributed by atoms with Gasteiger partial charge in [-0.05, 0) is 12.0 Å². The van der Waals surface area contributed by atoms with Crippen LogP contribution < -0.4 is 0 Å². The van der Waals surface area contributed by atoms with Crippen LogP contribution in [0.15, 0.2) is 16.2 Å². The first-order chi connectivity index (χ1) is 6.00. The Bertz CT molecular complexity index is 288. The van der Waals surface area contributed by atoms with Crippen LogP contribution in [-0.4, -0.2) is 14.9 Å². The summed E-state index contributed by atoms with van der Waals surface area (Å²) in [6.45, 7) is 2.00. The highest BCUT2D eigenvalue weighted by Gasteiger charge is 2.21. The number of carbonyl (C=O) groups is 1. The van der Waals surface area contributed by atoms with Crippen molar-refractivity contribution < 1.29 is 4.79 Å². The summed E-state index contributed by atoms with van der Waals surface area (Å²) >= 11 is 13.6. The van der Waals surface area contributed by atoms with Crippen LogP contribution in [0.3, 0.4) is 0 Å². The Morgan fingerprint density at radius 2 is 2.23 bits per heavy atom. The van der Waals surface area contributed by atoms with Crippen LogP contribution in [0, 0.1) is 5.92 Å². The molecule has 72 valence electrons. The smallest absolute Gasteiger partial charge is 0.193 e. The molecule has 0 saturated heterocycles. The fraction of sp³-hybridized carbons (Fsp3) is 0.500. The van der Waals surface area contributed by atoms with Crippen molar-refractivity contribution in [1.82, 2.24) is 0 Å². The first kappa shape index (κ1) is 11.5. The topological polar surface area (TPSA) is 29.4 Å². The Labute approximate surface area is 101 Å². The van der Waals surface area contributed by atoms with Crippen molar-refractivity contribution in [2.75, 3.05) is 0 Å². The van der Waals surface area contributed by atoms with Gasteiger partial charge in [0.25, 0.3) is 0 Å². The van der Waals surface area contributed by atoms with Crippen molar-refractivity contribution in [1.29, 1.82) is 0 Å². The molecule has 1 rings (SSSR count). The second-order valence-electron chi connectivity index (χ2n) is 2.89. The van der Waals surface area contributed by atoms with E-state index in [1.165, 1.54) is 0 Å². The first-order valence-corrected chi connectivity index (χ1v) is 5.79. The van der Waals surface area contributed by atoms with Crippen molar-refractivity contribution in [3.8, 4) is 0 Å². The number of allylic oxidation sites excluding steroid dienone is 1. The molecular formula is C8H8Cl2INO. The number of hydrogen-bond acceptors (Lipinski definition) is 2. The zero-order chi connectivity index (χ0) is 10.0. The van der Waals surface area contributed by atoms with Gasteiger partial charge >= 0.3 is 0 Å². The van der Waals surface area contributed by atoms with Crippen LogP contribution in [0.25, 0.3) is 0 Å². The predicted octanol–water partition coefficient (Wildman–Crippen LogP) is 3.12. The lowest BCUT2D eigenvalue weighted by molar-refractivity contribution is -0.112. The lowest BCUT2D eigenvalue weighted by Crippen LogP contribution is -2.20. The van der Waals surface area contributed by atoms with E-state index in [9.17, 15) is 4.79 Å². The van der Waals surface area contributed by atoms with Crippen LogP contribution in [0.4, 0.5) is 0 Å². The lowest BCUT2D eigenvalue weighted by Gasteiger charge is -2.15. The number of halogens is 3. The third kappa shape index (κ3) is 3.22. The van der Waals surface area contributed by atoms with Gasteiger partial charge in [0, 0.05) is 10.3 Å². The summed E-state index contributed by atoms with van der Waals surface area (Å²) in [6.07, 6.45) is 2.23. The number of carbonyl (C=O) groups excluding carboxylic acids is 1. The third-order valence-electron chi connectivity index (χ3n) is 1.79. The molecule has 0 spiro atoms. The molecule has 2 atom stereocenters. The SMILES string of the molecule is CC1/C=C(Cl)\N=C(\Cl)C(=O)CC1I. The Kier molecular flexibility index (Phi) is 4.19. The molecule has 0 bridgehead atoms. The number of Topliss-reactive ketones (excluding diaryl/α,β-unsaturated/α-hetero) is 1. The lowest BCUT2D eigenvalue weighted by atomic mass is 10.0. The van der Waals surface area contributed by atoms with E-state index in [-0.39, 0.29) is 20.8 Å². The number of alkyl halides is 1. The van der Waals surface area contributed by atoms with E-state index in [0.717, 1.165) is 0 Å². The maximum Gasteiger partial charge on any atom is 0.193 e. The molecule has 0 radical (unpaired) electrons. The molecule has 1 heterocycles. The van der Waals surface area contributed by atoms with Gasteiger partial charge in [-0.3, -0.25) is 4.79 Å². The van der Waals surface area contributed by atoms with Crippen molar-refractivity contribution >= 4 is 56.7 Å². The average Bonchev–Trinajstić information content (AvgIpc) is 2.02. The van der Waals surface area contributed by atoms with E-state index in [1.807, 2.05) is 13.0 Å². The van der Waals surface area contributed by atoms with Crippen molar-refractivity contribution in [3.63, 3.8) is 0 Å². The standard InChI is InChI=1S/C8H8Cl2INO/c1-4-2-7(9)12-8(10)6(13)3-5(4)11/h2,4-5H,3H2,1H3/b7-2-,12-8+. The van der Waals surface area contributed by atoms with Crippen LogP contribution in [0.5, 0.6) is 0 Å². The van der Waals surface area contributed by atoms with Crippen molar-refractivity contribution in [2.45, 2.75) is 17.3 Å². The highest BCUT2D eigenvalue weighted by Crippen LogP contribution is 2.24. The van der Waals surface area contributed by atoms with Crippen LogP contribution in [-0.2, 0) is 4.79 Å². The van der Waals surface area contributed by atoms with Gasteiger partial charge in [-0.1, -0.05) is 52.7 Å². The zero-order valence-electron chi connectivity index (χ0n) is 6.93. The third-order valence-corrected chi connectivity index (χ3v) is 3.87. The van der Waals surface area contributed by atoms with Gasteiger partial charge in [0.1, 0.15) is 5.16 Å². The summed E-state index contributed by atoms with van der Waals surface area (Å²) in [5.74, 6) is 0.102. The van der Waals surface area contributed by atoms with E-state index in [4.69, 9.17) is 23.2 Å². The van der Waals surface area contributed by atoms with Crippen LogP contribution >= 0.6 is 45.8 Å². The molecule has 5 heteroatoms. The number of aliphatic imine (C=N–C) groups is 1. The molecule has 0 aromatic carbocycles. The fourth-order valence-electron chi connectivity index (χ4n) is 0.962. The van der Waals surface area contributed by atoms with Crippen molar-refractivity contribution in [3.05, 3.63) is 11.2 Å². The van der Waals surface area contributed by atoms with Gasteiger partial charge < -0.3 is 0 Å². The molecule has 2 nitrogen and oxygen atoms in total. The molecule has 1 aliphatic rings. The molecule has 0 aromatic rings. The van der Waals surface area contributed by atoms with E-state index in [2.05, 4.69) is 27.6 Å². The minimum absolute atomic E-state index is 0.0187. The van der Waals surface area contributed by atoms with Gasteiger partial charge in [-0.15, -0.1) is 0 Å². The molecule has 0 amide bonds. The van der Waals surface area contributed by atoms with Gasteiger partial charge in [0.15, 0.2) is 11.0 Å². The minimum Gasteiger partial charge on any atom is -0.291 e.